The van der Waals surface area contributed by atoms with Crippen LogP contribution in [-0.4, -0.2) is 13.1 Å². The fourth-order valence-electron chi connectivity index (χ4n) is 2.56. The number of rotatable bonds is 5. The molecule has 0 aromatic heterocycles. The summed E-state index contributed by atoms with van der Waals surface area (Å²) in [6, 6.07) is 17.4. The number of aryl methyl sites for hydroxylation is 2. The highest BCUT2D eigenvalue weighted by Gasteiger charge is 2.14. The molecule has 0 spiro atoms. The van der Waals surface area contributed by atoms with Gasteiger partial charge in [-0.2, -0.15) is 0 Å². The van der Waals surface area contributed by atoms with Crippen molar-refractivity contribution in [1.82, 2.24) is 0 Å². The number of anilines is 2. The Hall–Kier alpha value is -1.96. The summed E-state index contributed by atoms with van der Waals surface area (Å²) in [7, 11) is 0. The van der Waals surface area contributed by atoms with E-state index in [1.54, 1.807) is 0 Å². The van der Waals surface area contributed by atoms with Crippen molar-refractivity contribution in [2.75, 3.05) is 23.1 Å². The topological polar surface area (TPSA) is 6.48 Å². The van der Waals surface area contributed by atoms with E-state index < -0.39 is 0 Å². The lowest BCUT2D eigenvalue weighted by Crippen LogP contribution is -2.43. The zero-order valence-corrected chi connectivity index (χ0v) is 12.9. The van der Waals surface area contributed by atoms with Crippen molar-refractivity contribution in [2.24, 2.45) is 0 Å². The lowest BCUT2D eigenvalue weighted by Gasteiger charge is -2.37. The molecule has 106 valence electrons. The second kappa shape index (κ2) is 6.47. The van der Waals surface area contributed by atoms with Gasteiger partial charge in [-0.15, -0.1) is 0 Å². The van der Waals surface area contributed by atoms with Crippen LogP contribution in [0.1, 0.15) is 25.0 Å². The fraction of sp³-hybridized carbons (Fsp3) is 0.333. The normalized spacial score (nSPS) is 10.4. The standard InChI is InChI=1S/C18H24N2/c1-5-19(17-11-7-9-15(3)13-17)20(6-2)18-12-8-10-16(4)14-18/h7-14H,5-6H2,1-4H3. The Bertz CT molecular complexity index is 511. The zero-order valence-electron chi connectivity index (χ0n) is 12.9. The summed E-state index contributed by atoms with van der Waals surface area (Å²) in [5, 5.41) is 4.67. The quantitative estimate of drug-likeness (QED) is 0.733. The summed E-state index contributed by atoms with van der Waals surface area (Å²) in [6.45, 7) is 10.6. The summed E-state index contributed by atoms with van der Waals surface area (Å²) < 4.78 is 0. The van der Waals surface area contributed by atoms with Gasteiger partial charge < -0.3 is 0 Å². The molecule has 0 unspecified atom stereocenters. The molecular weight excluding hydrogens is 244 g/mol. The molecule has 2 heteroatoms. The highest BCUT2D eigenvalue weighted by Crippen LogP contribution is 2.24. The van der Waals surface area contributed by atoms with Crippen molar-refractivity contribution in [3.05, 3.63) is 59.7 Å². The van der Waals surface area contributed by atoms with Crippen LogP contribution in [-0.2, 0) is 0 Å². The monoisotopic (exact) mass is 268 g/mol. The molecule has 0 amide bonds. The van der Waals surface area contributed by atoms with Crippen LogP contribution in [0.5, 0.6) is 0 Å². The lowest BCUT2D eigenvalue weighted by atomic mass is 10.2. The van der Waals surface area contributed by atoms with Gasteiger partial charge in [-0.1, -0.05) is 24.3 Å². The summed E-state index contributed by atoms with van der Waals surface area (Å²) in [6.07, 6.45) is 0. The first-order valence-corrected chi connectivity index (χ1v) is 7.34. The zero-order chi connectivity index (χ0) is 14.5. The first-order valence-electron chi connectivity index (χ1n) is 7.34. The molecule has 0 fully saturated rings. The number of hydrogen-bond acceptors (Lipinski definition) is 2. The molecule has 2 aromatic rings. The maximum absolute atomic E-state index is 2.34. The SMILES string of the molecule is CCN(c1cccc(C)c1)N(CC)c1cccc(C)c1. The minimum absolute atomic E-state index is 0.950. The average Bonchev–Trinajstić information content (AvgIpc) is 2.44. The molecule has 0 aliphatic rings. The van der Waals surface area contributed by atoms with Crippen molar-refractivity contribution >= 4 is 11.4 Å². The summed E-state index contributed by atoms with van der Waals surface area (Å²) in [5.41, 5.74) is 5.08. The smallest absolute Gasteiger partial charge is 0.0576 e. The van der Waals surface area contributed by atoms with Gasteiger partial charge >= 0.3 is 0 Å². The molecule has 0 saturated heterocycles. The van der Waals surface area contributed by atoms with Crippen LogP contribution in [0.3, 0.4) is 0 Å². The first-order chi connectivity index (χ1) is 9.65. The molecule has 0 heterocycles. The minimum atomic E-state index is 0.950. The van der Waals surface area contributed by atoms with Gasteiger partial charge in [0.05, 0.1) is 11.4 Å². The second-order valence-electron chi connectivity index (χ2n) is 5.11. The van der Waals surface area contributed by atoms with Gasteiger partial charge in [0.15, 0.2) is 0 Å². The van der Waals surface area contributed by atoms with Crippen LogP contribution in [0.25, 0.3) is 0 Å². The van der Waals surface area contributed by atoms with E-state index in [0.29, 0.717) is 0 Å². The van der Waals surface area contributed by atoms with Gasteiger partial charge in [0, 0.05) is 13.1 Å². The third kappa shape index (κ3) is 3.13. The molecule has 2 rings (SSSR count). The van der Waals surface area contributed by atoms with Crippen LogP contribution in [0, 0.1) is 13.8 Å². The predicted molar refractivity (Wildman–Crippen MR) is 88.4 cm³/mol. The number of benzene rings is 2. The molecule has 20 heavy (non-hydrogen) atoms. The van der Waals surface area contributed by atoms with E-state index in [1.807, 2.05) is 0 Å². The van der Waals surface area contributed by atoms with Crippen molar-refractivity contribution < 1.29 is 0 Å². The number of nitrogens with zero attached hydrogens (tertiary/aromatic N) is 2. The van der Waals surface area contributed by atoms with Gasteiger partial charge in [-0.3, -0.25) is 10.0 Å². The summed E-state index contributed by atoms with van der Waals surface area (Å²) >= 11 is 0. The maximum Gasteiger partial charge on any atom is 0.0576 e. The van der Waals surface area contributed by atoms with Crippen LogP contribution < -0.4 is 10.0 Å². The lowest BCUT2D eigenvalue weighted by molar-refractivity contribution is 0.753. The minimum Gasteiger partial charge on any atom is -0.286 e. The van der Waals surface area contributed by atoms with E-state index in [9.17, 15) is 0 Å². The second-order valence-corrected chi connectivity index (χ2v) is 5.11. The van der Waals surface area contributed by atoms with Crippen molar-refractivity contribution in [2.45, 2.75) is 27.7 Å². The average molecular weight is 268 g/mol. The van der Waals surface area contributed by atoms with Crippen molar-refractivity contribution in [3.8, 4) is 0 Å². The van der Waals surface area contributed by atoms with Gasteiger partial charge in [0.1, 0.15) is 0 Å². The van der Waals surface area contributed by atoms with E-state index in [2.05, 4.69) is 86.2 Å². The fourth-order valence-corrected chi connectivity index (χ4v) is 2.56. The Morgan fingerprint density at radius 3 is 1.40 bits per heavy atom. The summed E-state index contributed by atoms with van der Waals surface area (Å²) in [4.78, 5) is 0. The molecule has 2 aromatic carbocycles. The Balaban J connectivity index is 2.37. The van der Waals surface area contributed by atoms with E-state index in [0.717, 1.165) is 13.1 Å². The third-order valence-corrected chi connectivity index (χ3v) is 3.49. The Morgan fingerprint density at radius 2 is 1.10 bits per heavy atom. The van der Waals surface area contributed by atoms with Gasteiger partial charge in [-0.05, 0) is 63.1 Å². The highest BCUT2D eigenvalue weighted by atomic mass is 15.6. The summed E-state index contributed by atoms with van der Waals surface area (Å²) in [5.74, 6) is 0. The van der Waals surface area contributed by atoms with Crippen LogP contribution in [0.15, 0.2) is 48.5 Å². The van der Waals surface area contributed by atoms with Gasteiger partial charge in [0.25, 0.3) is 0 Å². The number of hydrazine groups is 1. The molecule has 0 saturated carbocycles. The highest BCUT2D eigenvalue weighted by molar-refractivity contribution is 5.59. The van der Waals surface area contributed by atoms with E-state index in [-0.39, 0.29) is 0 Å². The molecule has 0 N–H and O–H groups in total. The molecule has 0 aliphatic carbocycles. The third-order valence-electron chi connectivity index (χ3n) is 3.49. The molecular formula is C18H24N2. The molecule has 0 radical (unpaired) electrons. The Labute approximate surface area is 122 Å². The molecule has 0 bridgehead atoms. The number of hydrogen-bond donors (Lipinski definition) is 0. The predicted octanol–water partition coefficient (Wildman–Crippen LogP) is 4.57. The van der Waals surface area contributed by atoms with Crippen molar-refractivity contribution in [3.63, 3.8) is 0 Å². The van der Waals surface area contributed by atoms with Crippen molar-refractivity contribution in [1.29, 1.82) is 0 Å². The Kier molecular flexibility index (Phi) is 4.67. The Morgan fingerprint density at radius 1 is 0.700 bits per heavy atom. The maximum atomic E-state index is 2.34. The van der Waals surface area contributed by atoms with Gasteiger partial charge in [0.2, 0.25) is 0 Å². The van der Waals surface area contributed by atoms with E-state index in [1.165, 1.54) is 22.5 Å². The van der Waals surface area contributed by atoms with Crippen LogP contribution in [0.4, 0.5) is 11.4 Å². The molecule has 2 nitrogen and oxygen atoms in total. The van der Waals surface area contributed by atoms with Crippen LogP contribution in [0.2, 0.25) is 0 Å². The van der Waals surface area contributed by atoms with E-state index in [4.69, 9.17) is 0 Å². The van der Waals surface area contributed by atoms with E-state index >= 15 is 0 Å². The van der Waals surface area contributed by atoms with Gasteiger partial charge in [-0.25, -0.2) is 0 Å². The molecule has 0 atom stereocenters. The van der Waals surface area contributed by atoms with Crippen LogP contribution >= 0.6 is 0 Å². The first kappa shape index (κ1) is 14.4. The largest absolute Gasteiger partial charge is 0.286 e. The molecule has 0 aliphatic heterocycles.